The summed E-state index contributed by atoms with van der Waals surface area (Å²) in [5.41, 5.74) is 0.353. The summed E-state index contributed by atoms with van der Waals surface area (Å²) in [6.07, 6.45) is 8.52. The molecule has 3 fully saturated rings. The van der Waals surface area contributed by atoms with E-state index in [2.05, 4.69) is 37.7 Å². The molecule has 0 amide bonds. The number of hydrogen-bond donors (Lipinski definition) is 0. The Bertz CT molecular complexity index is 934. The number of ketones is 4. The van der Waals surface area contributed by atoms with E-state index < -0.39 is 13.5 Å². The van der Waals surface area contributed by atoms with Crippen molar-refractivity contribution in [1.82, 2.24) is 0 Å². The number of Topliss-reactive ketones (excluding diaryl/α,β-unsaturated/α-hetero) is 3. The van der Waals surface area contributed by atoms with Gasteiger partial charge < -0.3 is 0 Å². The molecule has 7 unspecified atom stereocenters. The van der Waals surface area contributed by atoms with Crippen molar-refractivity contribution in [3.05, 3.63) is 23.8 Å². The second-order valence-electron chi connectivity index (χ2n) is 10.9. The molecule has 0 N–H and O–H groups in total. The fourth-order valence-corrected chi connectivity index (χ4v) is 15.7. The maximum atomic E-state index is 13.8. The van der Waals surface area contributed by atoms with Gasteiger partial charge in [0.15, 0.2) is 0 Å². The van der Waals surface area contributed by atoms with Gasteiger partial charge >= 0.3 is 207 Å². The number of hydrogen-bond acceptors (Lipinski definition) is 5. The van der Waals surface area contributed by atoms with Gasteiger partial charge in [0, 0.05) is 0 Å². The van der Waals surface area contributed by atoms with Crippen LogP contribution in [0.4, 0.5) is 0 Å². The van der Waals surface area contributed by atoms with E-state index in [4.69, 9.17) is 0 Å². The molecular weight excluding hydrogens is 495 g/mol. The van der Waals surface area contributed by atoms with Crippen molar-refractivity contribution in [1.29, 1.82) is 0 Å². The molecule has 0 spiro atoms. The van der Waals surface area contributed by atoms with Crippen LogP contribution < -0.4 is 0 Å². The summed E-state index contributed by atoms with van der Waals surface area (Å²) < 4.78 is 0. The van der Waals surface area contributed by atoms with Crippen LogP contribution in [0.5, 0.6) is 0 Å². The molecule has 7 atom stereocenters. The predicted octanol–water partition coefficient (Wildman–Crippen LogP) is 5.38. The molecule has 0 aliphatic heterocycles. The Balaban J connectivity index is 1.72. The molecule has 4 nitrogen and oxygen atoms in total. The van der Waals surface area contributed by atoms with Crippen LogP contribution >= 0.6 is 10.0 Å². The molecule has 0 bridgehead atoms. The fraction of sp³-hybridized carbons (Fsp3) is 0.704. The summed E-state index contributed by atoms with van der Waals surface area (Å²) in [6, 6.07) is 0. The Morgan fingerprint density at radius 1 is 1.18 bits per heavy atom. The van der Waals surface area contributed by atoms with Gasteiger partial charge in [-0.05, 0) is 0 Å². The van der Waals surface area contributed by atoms with Gasteiger partial charge in [-0.2, -0.15) is 0 Å². The number of allylic oxidation sites excluding steroid dienone is 4. The first-order valence-corrected chi connectivity index (χ1v) is 18.2. The quantitative estimate of drug-likeness (QED) is 0.325. The van der Waals surface area contributed by atoms with Crippen molar-refractivity contribution < 1.29 is 19.2 Å². The van der Waals surface area contributed by atoms with E-state index in [0.29, 0.717) is 12.3 Å². The van der Waals surface area contributed by atoms with Gasteiger partial charge in [0.2, 0.25) is 0 Å². The number of rotatable bonds is 7. The van der Waals surface area contributed by atoms with E-state index in [-0.39, 0.29) is 63.4 Å². The molecule has 0 aromatic carbocycles. The molecule has 0 aromatic rings. The van der Waals surface area contributed by atoms with Crippen molar-refractivity contribution in [2.75, 3.05) is 0 Å². The molecule has 3 saturated carbocycles. The molecule has 0 radical (unpaired) electrons. The van der Waals surface area contributed by atoms with Gasteiger partial charge in [0.25, 0.3) is 0 Å². The Morgan fingerprint density at radius 3 is 2.52 bits per heavy atom. The average molecular weight is 533 g/mol. The Kier molecular flexibility index (Phi) is 7.06. The molecule has 0 saturated heterocycles. The fourth-order valence-electron chi connectivity index (χ4n) is 7.62. The third-order valence-corrected chi connectivity index (χ3v) is 19.3. The monoisotopic (exact) mass is 532 g/mol. The third kappa shape index (κ3) is 4.20. The van der Waals surface area contributed by atoms with E-state index in [1.165, 1.54) is 17.3 Å². The van der Waals surface area contributed by atoms with Crippen LogP contribution in [0, 0.1) is 34.5 Å². The second kappa shape index (κ2) is 9.26. The Labute approximate surface area is 206 Å². The van der Waals surface area contributed by atoms with Crippen molar-refractivity contribution in [3.63, 3.8) is 0 Å². The van der Waals surface area contributed by atoms with Gasteiger partial charge in [-0.3, -0.25) is 0 Å². The summed E-state index contributed by atoms with van der Waals surface area (Å²) in [5.74, 6) is 0.486. The predicted molar refractivity (Wildman–Crippen MR) is 134 cm³/mol. The van der Waals surface area contributed by atoms with E-state index in [0.717, 1.165) is 24.8 Å². The van der Waals surface area contributed by atoms with Crippen molar-refractivity contribution in [2.24, 2.45) is 34.5 Å². The van der Waals surface area contributed by atoms with Crippen molar-refractivity contribution in [3.8, 4) is 0 Å². The van der Waals surface area contributed by atoms with Crippen LogP contribution in [0.15, 0.2) is 23.8 Å². The van der Waals surface area contributed by atoms with Crippen LogP contribution in [0.2, 0.25) is 10.4 Å². The van der Waals surface area contributed by atoms with E-state index in [9.17, 15) is 19.2 Å². The van der Waals surface area contributed by atoms with Gasteiger partial charge in [0.1, 0.15) is 0 Å². The van der Waals surface area contributed by atoms with E-state index >= 15 is 0 Å². The molecule has 180 valence electrons. The van der Waals surface area contributed by atoms with Crippen molar-refractivity contribution in [2.45, 2.75) is 82.4 Å². The zero-order chi connectivity index (χ0) is 24.1. The summed E-state index contributed by atoms with van der Waals surface area (Å²) in [4.78, 5) is 51.3. The van der Waals surface area contributed by atoms with Crippen LogP contribution in [0.1, 0.15) is 66.7 Å². The molecule has 4 aliphatic carbocycles. The summed E-state index contributed by atoms with van der Waals surface area (Å²) in [7, 11) is 2.08. The van der Waals surface area contributed by atoms with E-state index in [1.54, 1.807) is 12.2 Å². The maximum absolute atomic E-state index is 13.8. The summed E-state index contributed by atoms with van der Waals surface area (Å²) in [6.45, 7) is 10.3. The zero-order valence-electron chi connectivity index (χ0n) is 20.6. The van der Waals surface area contributed by atoms with Gasteiger partial charge in [-0.25, -0.2) is 0 Å². The first kappa shape index (κ1) is 25.2. The number of carbonyl (C=O) groups excluding carboxylic acids is 4. The van der Waals surface area contributed by atoms with Crippen molar-refractivity contribution >= 4 is 46.7 Å². The minimum absolute atomic E-state index is 0.00692. The first-order valence-electron chi connectivity index (χ1n) is 12.5. The number of carbonyl (C=O) groups is 4. The van der Waals surface area contributed by atoms with E-state index in [1.807, 2.05) is 6.08 Å². The van der Waals surface area contributed by atoms with Gasteiger partial charge in [-0.15, -0.1) is 0 Å². The number of fused-ring (bicyclic) bond motifs is 5. The molecule has 4 aliphatic rings. The second-order valence-corrected chi connectivity index (χ2v) is 20.4. The zero-order valence-corrected chi connectivity index (χ0v) is 23.3. The molecule has 4 rings (SSSR count). The Morgan fingerprint density at radius 2 is 1.88 bits per heavy atom. The third-order valence-electron chi connectivity index (χ3n) is 9.02. The summed E-state index contributed by atoms with van der Waals surface area (Å²) in [5, 5.41) is 2.64. The van der Waals surface area contributed by atoms with Gasteiger partial charge in [0.05, 0.1) is 0 Å². The summed E-state index contributed by atoms with van der Waals surface area (Å²) >= 11 is -1.09. The SMILES string of the molecule is CC[As](CC)SC1CC2C3CCC4=CC(=O)C=CC4(C)C3C(=O)CC2(C)C1C(=O)CC(C)=O. The molecular formula is C27H37AsO4S. The van der Waals surface area contributed by atoms with Gasteiger partial charge in [-0.1, -0.05) is 0 Å². The topological polar surface area (TPSA) is 68.3 Å². The van der Waals surface area contributed by atoms with Crippen LogP contribution in [0.25, 0.3) is 0 Å². The molecule has 0 heterocycles. The average Bonchev–Trinajstić information content (AvgIpc) is 3.03. The molecule has 33 heavy (non-hydrogen) atoms. The van der Waals surface area contributed by atoms with Crippen LogP contribution in [0.3, 0.4) is 0 Å². The first-order chi connectivity index (χ1) is 15.5. The minimum atomic E-state index is -1.09. The standard InChI is InChI=1S/C27H37AsO4S/c1-6-28(7-2)33-23-14-20-19-9-8-17-13-18(30)10-11-26(17,4)24(19)22(32)15-27(20,5)25(23)21(31)12-16(3)29/h10-11,13,19-20,23-25H,6-9,12,14-15H2,1-5H3. The molecule has 0 aromatic heterocycles. The van der Waals surface area contributed by atoms with Crippen LogP contribution in [-0.2, 0) is 19.2 Å². The molecule has 6 heteroatoms. The Hall–Kier alpha value is -0.932. The van der Waals surface area contributed by atoms with Crippen LogP contribution in [-0.4, -0.2) is 41.9 Å². The normalized spacial score (nSPS) is 39.7.